The first kappa shape index (κ1) is 20.1. The van der Waals surface area contributed by atoms with Crippen molar-refractivity contribution in [1.29, 1.82) is 0 Å². The van der Waals surface area contributed by atoms with Gasteiger partial charge in [-0.3, -0.25) is 0 Å². The highest BCUT2D eigenvalue weighted by Crippen LogP contribution is 2.35. The predicted molar refractivity (Wildman–Crippen MR) is 103 cm³/mol. The number of rotatable bonds is 4. The number of ether oxygens (including phenoxy) is 1. The van der Waals surface area contributed by atoms with Crippen LogP contribution in [0.4, 0.5) is 25.1 Å². The van der Waals surface area contributed by atoms with Crippen LogP contribution in [0.15, 0.2) is 18.2 Å². The second kappa shape index (κ2) is 7.75. The molecule has 1 saturated heterocycles. The molecule has 152 valence electrons. The van der Waals surface area contributed by atoms with Crippen molar-refractivity contribution in [3.8, 4) is 5.69 Å². The van der Waals surface area contributed by atoms with E-state index in [4.69, 9.17) is 10.5 Å². The second-order valence-corrected chi connectivity index (χ2v) is 7.84. The fraction of sp³-hybridized carbons (Fsp3) is 0.474. The zero-order valence-electron chi connectivity index (χ0n) is 16.2. The van der Waals surface area contributed by atoms with Crippen LogP contribution in [0.3, 0.4) is 0 Å². The molecule has 0 aliphatic carbocycles. The summed E-state index contributed by atoms with van der Waals surface area (Å²) in [6.07, 6.45) is 1.86. The monoisotopic (exact) mass is 393 g/mol. The number of nitrogens with two attached hydrogens (primary N) is 1. The zero-order valence-corrected chi connectivity index (χ0v) is 16.2. The summed E-state index contributed by atoms with van der Waals surface area (Å²) >= 11 is 0. The summed E-state index contributed by atoms with van der Waals surface area (Å²) in [5.74, 6) is -1.28. The maximum Gasteiger partial charge on any atom is 0.319 e. The van der Waals surface area contributed by atoms with Gasteiger partial charge in [0.05, 0.1) is 11.8 Å². The lowest BCUT2D eigenvalue weighted by molar-refractivity contribution is 0.112. The molecule has 1 aliphatic heterocycles. The normalized spacial score (nSPS) is 17.0. The van der Waals surface area contributed by atoms with Crippen LogP contribution in [-0.4, -0.2) is 35.1 Å². The third-order valence-electron chi connectivity index (χ3n) is 4.52. The van der Waals surface area contributed by atoms with Gasteiger partial charge in [-0.05, 0) is 25.0 Å². The molecule has 9 heteroatoms. The Hall–Kier alpha value is -2.68. The molecule has 2 aromatic rings. The van der Waals surface area contributed by atoms with Gasteiger partial charge in [-0.2, -0.15) is 5.10 Å². The molecule has 28 heavy (non-hydrogen) atoms. The van der Waals surface area contributed by atoms with Gasteiger partial charge in [0.25, 0.3) is 0 Å². The van der Waals surface area contributed by atoms with Crippen molar-refractivity contribution in [3.05, 3.63) is 35.5 Å². The molecule has 7 nitrogen and oxygen atoms in total. The largest absolute Gasteiger partial charge is 0.382 e. The van der Waals surface area contributed by atoms with E-state index in [-0.39, 0.29) is 23.3 Å². The zero-order chi connectivity index (χ0) is 20.5. The Kier molecular flexibility index (Phi) is 5.55. The molecule has 0 saturated carbocycles. The number of nitrogens with one attached hydrogen (secondary N) is 2. The van der Waals surface area contributed by atoms with Crippen molar-refractivity contribution in [2.75, 3.05) is 24.2 Å². The van der Waals surface area contributed by atoms with Crippen LogP contribution < -0.4 is 16.4 Å². The maximum atomic E-state index is 14.2. The van der Waals surface area contributed by atoms with Crippen molar-refractivity contribution in [2.24, 2.45) is 0 Å². The van der Waals surface area contributed by atoms with Crippen molar-refractivity contribution in [3.63, 3.8) is 0 Å². The van der Waals surface area contributed by atoms with E-state index in [0.717, 1.165) is 35.7 Å². The minimum Gasteiger partial charge on any atom is -0.382 e. The third kappa shape index (κ3) is 4.24. The number of anilines is 2. The number of nitrogens with zero attached hydrogens (tertiary/aromatic N) is 2. The van der Waals surface area contributed by atoms with E-state index in [1.807, 2.05) is 20.8 Å². The highest BCUT2D eigenvalue weighted by molar-refractivity contribution is 5.93. The third-order valence-corrected chi connectivity index (χ3v) is 4.52. The first-order chi connectivity index (χ1) is 13.2. The van der Waals surface area contributed by atoms with E-state index in [2.05, 4.69) is 15.7 Å². The molecule has 1 fully saturated rings. The van der Waals surface area contributed by atoms with E-state index < -0.39 is 23.1 Å². The number of urea groups is 1. The average molecular weight is 393 g/mol. The summed E-state index contributed by atoms with van der Waals surface area (Å²) in [5, 5.41) is 9.81. The SMILES string of the molecule is CC(C)(C)c1nn(-c2cc(F)ccc2F)c(N)c1NC(=O)NCC1CCCO1. The Bertz CT molecular complexity index is 870. The number of carbonyl (C=O) groups is 1. The summed E-state index contributed by atoms with van der Waals surface area (Å²) in [7, 11) is 0. The lowest BCUT2D eigenvalue weighted by Crippen LogP contribution is -2.35. The highest BCUT2D eigenvalue weighted by Gasteiger charge is 2.28. The van der Waals surface area contributed by atoms with Crippen molar-refractivity contribution in [2.45, 2.75) is 45.1 Å². The van der Waals surface area contributed by atoms with E-state index in [1.54, 1.807) is 0 Å². The summed E-state index contributed by atoms with van der Waals surface area (Å²) in [4.78, 5) is 12.4. The number of amides is 2. The smallest absolute Gasteiger partial charge is 0.319 e. The Morgan fingerprint density at radius 2 is 2.14 bits per heavy atom. The quantitative estimate of drug-likeness (QED) is 0.743. The standard InChI is InChI=1S/C19H25F2N5O2/c1-19(2,3)16-15(24-18(27)23-10-12-5-4-8-28-12)17(22)26(25-16)14-9-11(20)6-7-13(14)21/h6-7,9,12H,4-5,8,10,22H2,1-3H3,(H2,23,24,27). The number of carbonyl (C=O) groups excluding carboxylic acids is 1. The van der Waals surface area contributed by atoms with Crippen LogP contribution in [0.2, 0.25) is 0 Å². The van der Waals surface area contributed by atoms with Crippen molar-refractivity contribution in [1.82, 2.24) is 15.1 Å². The van der Waals surface area contributed by atoms with Crippen LogP contribution >= 0.6 is 0 Å². The molecule has 1 aromatic heterocycles. The van der Waals surface area contributed by atoms with Gasteiger partial charge in [-0.1, -0.05) is 20.8 Å². The van der Waals surface area contributed by atoms with E-state index in [1.165, 1.54) is 0 Å². The van der Waals surface area contributed by atoms with E-state index in [9.17, 15) is 13.6 Å². The summed E-state index contributed by atoms with van der Waals surface area (Å²) in [5.41, 5.74) is 6.26. The fourth-order valence-corrected chi connectivity index (χ4v) is 3.08. The van der Waals surface area contributed by atoms with Gasteiger partial charge in [0, 0.05) is 24.6 Å². The van der Waals surface area contributed by atoms with Crippen LogP contribution in [0, 0.1) is 11.6 Å². The molecule has 0 spiro atoms. The average Bonchev–Trinajstić information content (AvgIpc) is 3.24. The van der Waals surface area contributed by atoms with Gasteiger partial charge in [-0.25, -0.2) is 18.3 Å². The van der Waals surface area contributed by atoms with Gasteiger partial charge in [0.15, 0.2) is 5.82 Å². The molecule has 1 unspecified atom stereocenters. The van der Waals surface area contributed by atoms with Crippen LogP contribution in [0.5, 0.6) is 0 Å². The maximum absolute atomic E-state index is 14.2. The first-order valence-electron chi connectivity index (χ1n) is 9.17. The molecular weight excluding hydrogens is 368 g/mol. The lowest BCUT2D eigenvalue weighted by atomic mass is 9.91. The Balaban J connectivity index is 1.90. The summed E-state index contributed by atoms with van der Waals surface area (Å²) in [6, 6.07) is 2.56. The van der Waals surface area contributed by atoms with Crippen LogP contribution in [-0.2, 0) is 10.2 Å². The van der Waals surface area contributed by atoms with E-state index in [0.29, 0.717) is 18.8 Å². The number of aromatic nitrogens is 2. The van der Waals surface area contributed by atoms with Crippen LogP contribution in [0.1, 0.15) is 39.3 Å². The molecule has 1 aliphatic rings. The fourth-order valence-electron chi connectivity index (χ4n) is 3.08. The van der Waals surface area contributed by atoms with Gasteiger partial charge in [0.2, 0.25) is 0 Å². The Morgan fingerprint density at radius 3 is 2.79 bits per heavy atom. The topological polar surface area (TPSA) is 94.2 Å². The molecule has 0 radical (unpaired) electrons. The lowest BCUT2D eigenvalue weighted by Gasteiger charge is -2.18. The predicted octanol–water partition coefficient (Wildman–Crippen LogP) is 3.33. The molecule has 2 heterocycles. The molecule has 2 amide bonds. The number of benzene rings is 1. The number of nitrogen functional groups attached to an aromatic ring is 1. The molecule has 1 aromatic carbocycles. The van der Waals surface area contributed by atoms with Crippen molar-refractivity contribution < 1.29 is 18.3 Å². The highest BCUT2D eigenvalue weighted by atomic mass is 19.1. The molecule has 4 N–H and O–H groups in total. The molecule has 0 bridgehead atoms. The van der Waals surface area contributed by atoms with Gasteiger partial charge >= 0.3 is 6.03 Å². The van der Waals surface area contributed by atoms with E-state index >= 15 is 0 Å². The first-order valence-corrected chi connectivity index (χ1v) is 9.17. The molecule has 3 rings (SSSR count). The number of hydrogen-bond acceptors (Lipinski definition) is 4. The van der Waals surface area contributed by atoms with Gasteiger partial charge in [0.1, 0.15) is 23.0 Å². The Morgan fingerprint density at radius 1 is 1.39 bits per heavy atom. The van der Waals surface area contributed by atoms with Crippen LogP contribution in [0.25, 0.3) is 5.69 Å². The number of halogens is 2. The summed E-state index contributed by atoms with van der Waals surface area (Å²) in [6.45, 7) is 6.73. The van der Waals surface area contributed by atoms with Crippen molar-refractivity contribution >= 4 is 17.5 Å². The number of hydrogen-bond donors (Lipinski definition) is 3. The Labute approximate surface area is 162 Å². The summed E-state index contributed by atoms with van der Waals surface area (Å²) < 4.78 is 34.4. The molecule has 1 atom stereocenters. The minimum absolute atomic E-state index is 0.00528. The second-order valence-electron chi connectivity index (χ2n) is 7.84. The molecular formula is C19H25F2N5O2. The minimum atomic E-state index is -0.676. The van der Waals surface area contributed by atoms with Gasteiger partial charge < -0.3 is 21.1 Å². The van der Waals surface area contributed by atoms with Gasteiger partial charge in [-0.15, -0.1) is 0 Å².